The Morgan fingerprint density at radius 1 is 1.03 bits per heavy atom. The van der Waals surface area contributed by atoms with Crippen LogP contribution in [0.4, 0.5) is 10.5 Å². The molecule has 2 unspecified atom stereocenters. The van der Waals surface area contributed by atoms with E-state index in [0.29, 0.717) is 22.9 Å². The topological polar surface area (TPSA) is 65.6 Å². The van der Waals surface area contributed by atoms with Gasteiger partial charge in [-0.1, -0.05) is 59.6 Å². The summed E-state index contributed by atoms with van der Waals surface area (Å²) >= 11 is 12.5. The second kappa shape index (κ2) is 7.77. The fourth-order valence-corrected chi connectivity index (χ4v) is 5.99. The summed E-state index contributed by atoms with van der Waals surface area (Å²) in [5, 5.41) is 1.68. The number of amides is 3. The third kappa shape index (κ3) is 2.96. The Kier molecular flexibility index (Phi) is 4.88. The predicted molar refractivity (Wildman–Crippen MR) is 137 cm³/mol. The number of H-pyrrole nitrogens is 1. The van der Waals surface area contributed by atoms with Crippen LogP contribution >= 0.6 is 23.2 Å². The number of urea groups is 1. The quantitative estimate of drug-likeness (QED) is 0.331. The molecule has 3 heterocycles. The van der Waals surface area contributed by atoms with Crippen molar-refractivity contribution >= 4 is 51.7 Å². The number of hydrogen-bond donors (Lipinski definition) is 1. The molecular weight excluding hydrogens is 485 g/mol. The molecule has 0 aliphatic carbocycles. The van der Waals surface area contributed by atoms with E-state index in [1.807, 2.05) is 48.5 Å². The molecule has 2 atom stereocenters. The van der Waals surface area contributed by atoms with E-state index in [-0.39, 0.29) is 16.8 Å². The molecule has 3 amide bonds. The Balaban J connectivity index is 1.60. The zero-order valence-corrected chi connectivity index (χ0v) is 20.5. The highest BCUT2D eigenvalue weighted by Gasteiger charge is 2.61. The van der Waals surface area contributed by atoms with Crippen LogP contribution in [0.2, 0.25) is 10.0 Å². The minimum atomic E-state index is -1.23. The lowest BCUT2D eigenvalue weighted by atomic mass is 9.78. The first-order chi connectivity index (χ1) is 16.9. The van der Waals surface area contributed by atoms with Gasteiger partial charge < -0.3 is 14.6 Å². The molecule has 0 bridgehead atoms. The van der Waals surface area contributed by atoms with Crippen molar-refractivity contribution in [2.75, 3.05) is 18.6 Å². The highest BCUT2D eigenvalue weighted by atomic mass is 35.5. The van der Waals surface area contributed by atoms with Crippen LogP contribution in [0.5, 0.6) is 5.75 Å². The van der Waals surface area contributed by atoms with Gasteiger partial charge in [0, 0.05) is 34.0 Å². The summed E-state index contributed by atoms with van der Waals surface area (Å²) in [7, 11) is 1.64. The summed E-state index contributed by atoms with van der Waals surface area (Å²) in [6, 6.07) is 20.1. The summed E-state index contributed by atoms with van der Waals surface area (Å²) in [5.74, 6) is 0.161. The number of hydrogen-bond acceptors (Lipinski definition) is 3. The van der Waals surface area contributed by atoms with Gasteiger partial charge in [0.2, 0.25) is 0 Å². The van der Waals surface area contributed by atoms with Crippen molar-refractivity contribution in [3.05, 3.63) is 93.6 Å². The number of ether oxygens (including phenoxy) is 1. The number of imide groups is 1. The van der Waals surface area contributed by atoms with Gasteiger partial charge in [-0.3, -0.25) is 4.79 Å². The highest BCUT2D eigenvalue weighted by molar-refractivity contribution is 6.38. The molecule has 176 valence electrons. The van der Waals surface area contributed by atoms with E-state index < -0.39 is 11.6 Å². The smallest absolute Gasteiger partial charge is 0.332 e. The molecule has 6 rings (SSSR count). The van der Waals surface area contributed by atoms with Gasteiger partial charge in [-0.05, 0) is 42.8 Å². The molecule has 3 aromatic carbocycles. The second-order valence-electron chi connectivity index (χ2n) is 8.96. The maximum absolute atomic E-state index is 14.0. The van der Waals surface area contributed by atoms with Gasteiger partial charge >= 0.3 is 6.03 Å². The summed E-state index contributed by atoms with van der Waals surface area (Å²) < 4.78 is 5.68. The number of halogens is 2. The number of nitrogens with one attached hydrogen (secondary N) is 1. The number of carbonyl (C=O) groups excluding carboxylic acids is 2. The lowest BCUT2D eigenvalue weighted by Crippen LogP contribution is -2.50. The third-order valence-corrected chi connectivity index (χ3v) is 7.73. The fraction of sp³-hybridized carbons (Fsp3) is 0.185. The molecule has 6 nitrogen and oxygen atoms in total. The number of benzene rings is 3. The van der Waals surface area contributed by atoms with Crippen molar-refractivity contribution in [3.63, 3.8) is 0 Å². The second-order valence-corrected chi connectivity index (χ2v) is 9.80. The van der Waals surface area contributed by atoms with Crippen LogP contribution in [0.3, 0.4) is 0 Å². The Morgan fingerprint density at radius 2 is 1.77 bits per heavy atom. The summed E-state index contributed by atoms with van der Waals surface area (Å²) in [4.78, 5) is 34.2. The third-order valence-electron chi connectivity index (χ3n) is 7.19. The lowest BCUT2D eigenvalue weighted by molar-refractivity contribution is -0.125. The monoisotopic (exact) mass is 505 g/mol. The maximum atomic E-state index is 14.0. The molecule has 2 aliphatic heterocycles. The van der Waals surface area contributed by atoms with Crippen LogP contribution in [0.15, 0.2) is 66.7 Å². The summed E-state index contributed by atoms with van der Waals surface area (Å²) in [6.45, 7) is 2.10. The van der Waals surface area contributed by atoms with Gasteiger partial charge in [0.25, 0.3) is 5.91 Å². The first-order valence-electron chi connectivity index (χ1n) is 11.2. The molecule has 1 saturated heterocycles. The van der Waals surface area contributed by atoms with Crippen LogP contribution in [0, 0.1) is 0 Å². The van der Waals surface area contributed by atoms with E-state index in [1.165, 1.54) is 11.0 Å². The van der Waals surface area contributed by atoms with E-state index in [0.717, 1.165) is 27.8 Å². The van der Waals surface area contributed by atoms with E-state index in [4.69, 9.17) is 27.9 Å². The molecule has 1 fully saturated rings. The number of para-hydroxylation sites is 2. The summed E-state index contributed by atoms with van der Waals surface area (Å²) in [5.41, 5.74) is 2.64. The molecule has 35 heavy (non-hydrogen) atoms. The normalized spacial score (nSPS) is 21.4. The highest BCUT2D eigenvalue weighted by Crippen LogP contribution is 2.52. The van der Waals surface area contributed by atoms with Gasteiger partial charge in [0.05, 0.1) is 23.5 Å². The number of aromatic nitrogens is 1. The fourth-order valence-electron chi connectivity index (χ4n) is 5.50. The van der Waals surface area contributed by atoms with Crippen molar-refractivity contribution in [3.8, 4) is 5.75 Å². The van der Waals surface area contributed by atoms with Crippen molar-refractivity contribution in [2.24, 2.45) is 0 Å². The first-order valence-corrected chi connectivity index (χ1v) is 12.0. The molecule has 2 aliphatic rings. The van der Waals surface area contributed by atoms with Gasteiger partial charge in [-0.15, -0.1) is 0 Å². The largest absolute Gasteiger partial charge is 0.496 e. The van der Waals surface area contributed by atoms with Gasteiger partial charge in [-0.2, -0.15) is 0 Å². The maximum Gasteiger partial charge on any atom is 0.332 e. The number of nitrogens with zero attached hydrogens (tertiary/aromatic N) is 2. The van der Waals surface area contributed by atoms with E-state index in [9.17, 15) is 9.59 Å². The van der Waals surface area contributed by atoms with Crippen molar-refractivity contribution in [2.45, 2.75) is 18.4 Å². The van der Waals surface area contributed by atoms with E-state index in [2.05, 4.69) is 4.98 Å². The van der Waals surface area contributed by atoms with Crippen molar-refractivity contribution in [1.82, 2.24) is 9.88 Å². The average Bonchev–Trinajstić information content (AvgIpc) is 3.34. The minimum Gasteiger partial charge on any atom is -0.496 e. The van der Waals surface area contributed by atoms with E-state index >= 15 is 0 Å². The van der Waals surface area contributed by atoms with Crippen molar-refractivity contribution < 1.29 is 14.3 Å². The number of carbonyl (C=O) groups is 2. The molecule has 8 heteroatoms. The number of aromatic amines is 1. The first kappa shape index (κ1) is 22.0. The average molecular weight is 506 g/mol. The SMILES string of the molecule is COc1ccccc1C1CN2C(=O)N(c3ccc(Cl)cc3Cl)C(=O)C2(C)c2[nH]c3ccccc3c21. The molecular formula is C27H21Cl2N3O3. The predicted octanol–water partition coefficient (Wildman–Crippen LogP) is 6.31. The van der Waals surface area contributed by atoms with Gasteiger partial charge in [0.1, 0.15) is 5.75 Å². The van der Waals surface area contributed by atoms with Crippen LogP contribution in [-0.2, 0) is 10.3 Å². The molecule has 0 saturated carbocycles. The molecule has 0 spiro atoms. The Bertz CT molecular complexity index is 1530. The Morgan fingerprint density at radius 3 is 2.54 bits per heavy atom. The molecule has 4 aromatic rings. The number of fused-ring (bicyclic) bond motifs is 5. The van der Waals surface area contributed by atoms with E-state index in [1.54, 1.807) is 31.1 Å². The standard InChI is InChI=1S/C27H21Cl2N3O3/c1-27-24-23(17-8-3-5-9-20(17)30-24)18(16-7-4-6-10-22(16)35-2)14-31(27)26(34)32(25(27)33)21-12-11-15(28)13-19(21)29/h3-13,18,30H,14H2,1-2H3. The van der Waals surface area contributed by atoms with Crippen LogP contribution in [0.25, 0.3) is 10.9 Å². The lowest BCUT2D eigenvalue weighted by Gasteiger charge is -2.40. The van der Waals surface area contributed by atoms with Gasteiger partial charge in [-0.25, -0.2) is 9.69 Å². The number of rotatable bonds is 3. The zero-order valence-electron chi connectivity index (χ0n) is 19.0. The molecule has 1 N–H and O–H groups in total. The summed E-state index contributed by atoms with van der Waals surface area (Å²) in [6.07, 6.45) is 0. The number of anilines is 1. The van der Waals surface area contributed by atoms with Crippen LogP contribution in [-0.4, -0.2) is 35.5 Å². The molecule has 0 radical (unpaired) electrons. The molecule has 1 aromatic heterocycles. The minimum absolute atomic E-state index is 0.206. The Hall–Kier alpha value is -3.48. The van der Waals surface area contributed by atoms with Crippen molar-refractivity contribution in [1.29, 1.82) is 0 Å². The van der Waals surface area contributed by atoms with Crippen LogP contribution < -0.4 is 9.64 Å². The number of methoxy groups -OCH3 is 1. The zero-order chi connectivity index (χ0) is 24.5. The van der Waals surface area contributed by atoms with Crippen LogP contribution in [0.1, 0.15) is 29.7 Å². The Labute approximate surface area is 212 Å². The van der Waals surface area contributed by atoms with Gasteiger partial charge in [0.15, 0.2) is 5.54 Å².